The van der Waals surface area contributed by atoms with E-state index in [-0.39, 0.29) is 5.91 Å². The van der Waals surface area contributed by atoms with Gasteiger partial charge in [0, 0.05) is 38.1 Å². The number of carbonyl (C=O) groups excluding carboxylic acids is 1. The van der Waals surface area contributed by atoms with Crippen LogP contribution in [0.2, 0.25) is 0 Å². The molecule has 25 heavy (non-hydrogen) atoms. The van der Waals surface area contributed by atoms with Gasteiger partial charge in [0.05, 0.1) is 7.11 Å². The number of benzene rings is 1. The van der Waals surface area contributed by atoms with Crippen LogP contribution in [0.15, 0.2) is 36.5 Å². The van der Waals surface area contributed by atoms with Crippen molar-refractivity contribution in [3.8, 4) is 5.75 Å². The Kier molecular flexibility index (Phi) is 5.45. The second-order valence-electron chi connectivity index (χ2n) is 5.85. The summed E-state index contributed by atoms with van der Waals surface area (Å²) in [4.78, 5) is 25.4. The van der Waals surface area contributed by atoms with Crippen molar-refractivity contribution in [2.75, 3.05) is 45.2 Å². The van der Waals surface area contributed by atoms with Gasteiger partial charge in [0.2, 0.25) is 5.95 Å². The minimum Gasteiger partial charge on any atom is -0.497 e. The predicted molar refractivity (Wildman–Crippen MR) is 96.3 cm³/mol. The molecule has 0 radical (unpaired) electrons. The number of nitrogens with one attached hydrogen (secondary N) is 1. The van der Waals surface area contributed by atoms with Crippen LogP contribution in [-0.4, -0.2) is 65.5 Å². The minimum atomic E-state index is -0.0454. The van der Waals surface area contributed by atoms with E-state index in [0.717, 1.165) is 44.2 Å². The number of ether oxygens (including phenoxy) is 1. The number of hydrogen-bond donors (Lipinski definition) is 1. The van der Waals surface area contributed by atoms with E-state index >= 15 is 0 Å². The summed E-state index contributed by atoms with van der Waals surface area (Å²) >= 11 is 0. The number of anilines is 2. The van der Waals surface area contributed by atoms with Crippen LogP contribution < -0.4 is 10.1 Å². The first-order chi connectivity index (χ1) is 12.2. The molecule has 1 amide bonds. The topological polar surface area (TPSA) is 70.6 Å². The van der Waals surface area contributed by atoms with Crippen LogP contribution >= 0.6 is 0 Å². The second-order valence-corrected chi connectivity index (χ2v) is 5.85. The summed E-state index contributed by atoms with van der Waals surface area (Å²) in [5, 5.41) is 3.11. The zero-order valence-corrected chi connectivity index (χ0v) is 14.6. The van der Waals surface area contributed by atoms with Crippen LogP contribution in [0.3, 0.4) is 0 Å². The van der Waals surface area contributed by atoms with Gasteiger partial charge in [-0.1, -0.05) is 6.92 Å². The molecule has 0 unspecified atom stereocenters. The van der Waals surface area contributed by atoms with Crippen LogP contribution in [0.4, 0.5) is 11.6 Å². The van der Waals surface area contributed by atoms with Gasteiger partial charge in [0.1, 0.15) is 11.4 Å². The molecule has 7 nitrogen and oxygen atoms in total. The molecular weight excluding hydrogens is 318 g/mol. The molecule has 0 saturated carbocycles. The third-order valence-corrected chi connectivity index (χ3v) is 4.33. The largest absolute Gasteiger partial charge is 0.497 e. The van der Waals surface area contributed by atoms with Gasteiger partial charge in [-0.15, -0.1) is 0 Å². The van der Waals surface area contributed by atoms with Gasteiger partial charge in [-0.2, -0.15) is 0 Å². The molecule has 0 aliphatic carbocycles. The van der Waals surface area contributed by atoms with Crippen molar-refractivity contribution in [3.63, 3.8) is 0 Å². The van der Waals surface area contributed by atoms with E-state index in [1.54, 1.807) is 19.4 Å². The van der Waals surface area contributed by atoms with Crippen LogP contribution in [0.1, 0.15) is 17.4 Å². The Hall–Kier alpha value is -2.67. The van der Waals surface area contributed by atoms with Gasteiger partial charge in [0.15, 0.2) is 0 Å². The average molecular weight is 341 g/mol. The smallest absolute Gasteiger partial charge is 0.272 e. The number of amides is 1. The number of likely N-dealkylation sites (N-methyl/N-ethyl adjacent to an activating group) is 1. The fourth-order valence-electron chi connectivity index (χ4n) is 2.77. The summed E-state index contributed by atoms with van der Waals surface area (Å²) in [7, 11) is 1.63. The Morgan fingerprint density at radius 3 is 2.52 bits per heavy atom. The average Bonchev–Trinajstić information content (AvgIpc) is 2.68. The molecule has 7 heteroatoms. The van der Waals surface area contributed by atoms with E-state index < -0.39 is 0 Å². The summed E-state index contributed by atoms with van der Waals surface area (Å²) in [6.07, 6.45) is 1.61. The number of nitrogens with zero attached hydrogens (tertiary/aromatic N) is 4. The number of carbonyl (C=O) groups is 1. The normalized spacial score (nSPS) is 15.0. The summed E-state index contributed by atoms with van der Waals surface area (Å²) in [5.41, 5.74) is 1.25. The molecule has 0 spiro atoms. The SMILES string of the molecule is CCN1CCN(C(=O)c2ccnc(Nc3ccc(OC)cc3)n2)CC1. The maximum absolute atomic E-state index is 12.7. The Morgan fingerprint density at radius 1 is 1.16 bits per heavy atom. The molecule has 3 rings (SSSR count). The zero-order chi connectivity index (χ0) is 17.6. The lowest BCUT2D eigenvalue weighted by atomic mass is 10.2. The predicted octanol–water partition coefficient (Wildman–Crippen LogP) is 2.01. The van der Waals surface area contributed by atoms with E-state index in [0.29, 0.717) is 11.6 Å². The fraction of sp³-hybridized carbons (Fsp3) is 0.389. The van der Waals surface area contributed by atoms with Gasteiger partial charge in [-0.3, -0.25) is 4.79 Å². The van der Waals surface area contributed by atoms with Gasteiger partial charge in [0.25, 0.3) is 5.91 Å². The summed E-state index contributed by atoms with van der Waals surface area (Å²) in [6.45, 7) is 6.44. The van der Waals surface area contributed by atoms with Crippen LogP contribution in [-0.2, 0) is 0 Å². The Morgan fingerprint density at radius 2 is 1.88 bits per heavy atom. The van der Waals surface area contributed by atoms with Crippen molar-refractivity contribution in [1.82, 2.24) is 19.8 Å². The monoisotopic (exact) mass is 341 g/mol. The lowest BCUT2D eigenvalue weighted by molar-refractivity contribution is 0.0637. The maximum Gasteiger partial charge on any atom is 0.272 e. The highest BCUT2D eigenvalue weighted by molar-refractivity contribution is 5.92. The third kappa shape index (κ3) is 4.24. The van der Waals surface area contributed by atoms with Crippen molar-refractivity contribution in [1.29, 1.82) is 0 Å². The van der Waals surface area contributed by atoms with Crippen LogP contribution in [0.25, 0.3) is 0 Å². The summed E-state index contributed by atoms with van der Waals surface area (Å²) in [6, 6.07) is 9.12. The van der Waals surface area contributed by atoms with Gasteiger partial charge < -0.3 is 19.9 Å². The van der Waals surface area contributed by atoms with Crippen molar-refractivity contribution in [2.24, 2.45) is 0 Å². The highest BCUT2D eigenvalue weighted by atomic mass is 16.5. The van der Waals surface area contributed by atoms with E-state index in [2.05, 4.69) is 27.1 Å². The summed E-state index contributed by atoms with van der Waals surface area (Å²) < 4.78 is 5.14. The van der Waals surface area contributed by atoms with E-state index in [1.165, 1.54) is 0 Å². The molecule has 1 aliphatic rings. The van der Waals surface area contributed by atoms with Gasteiger partial charge in [-0.05, 0) is 36.9 Å². The molecule has 0 atom stereocenters. The van der Waals surface area contributed by atoms with Gasteiger partial charge in [-0.25, -0.2) is 9.97 Å². The second kappa shape index (κ2) is 7.94. The Labute approximate surface area is 147 Å². The number of piperazine rings is 1. The highest BCUT2D eigenvalue weighted by Gasteiger charge is 2.22. The number of rotatable bonds is 5. The highest BCUT2D eigenvalue weighted by Crippen LogP contribution is 2.18. The lowest BCUT2D eigenvalue weighted by Gasteiger charge is -2.33. The lowest BCUT2D eigenvalue weighted by Crippen LogP contribution is -2.48. The van der Waals surface area contributed by atoms with E-state index in [4.69, 9.17) is 4.74 Å². The number of hydrogen-bond acceptors (Lipinski definition) is 6. The van der Waals surface area contributed by atoms with Crippen LogP contribution in [0.5, 0.6) is 5.75 Å². The molecule has 1 saturated heterocycles. The summed E-state index contributed by atoms with van der Waals surface area (Å²) in [5.74, 6) is 1.14. The van der Waals surface area contributed by atoms with E-state index in [9.17, 15) is 4.79 Å². The Balaban J connectivity index is 1.67. The molecule has 1 fully saturated rings. The molecule has 0 bridgehead atoms. The van der Waals surface area contributed by atoms with Gasteiger partial charge >= 0.3 is 0 Å². The quantitative estimate of drug-likeness (QED) is 0.897. The molecule has 132 valence electrons. The Bertz CT molecular complexity index is 712. The fourth-order valence-corrected chi connectivity index (χ4v) is 2.77. The molecule has 1 N–H and O–H groups in total. The standard InChI is InChI=1S/C18H23N5O2/c1-3-22-10-12-23(13-11-22)17(24)16-8-9-19-18(21-16)20-14-4-6-15(25-2)7-5-14/h4-9H,3,10-13H2,1-2H3,(H,19,20,21). The molecule has 1 aliphatic heterocycles. The molecular formula is C18H23N5O2. The molecule has 1 aromatic carbocycles. The molecule has 2 aromatic rings. The van der Waals surface area contributed by atoms with Crippen molar-refractivity contribution in [2.45, 2.75) is 6.92 Å². The zero-order valence-electron chi connectivity index (χ0n) is 14.6. The first kappa shape index (κ1) is 17.2. The number of methoxy groups -OCH3 is 1. The van der Waals surface area contributed by atoms with Crippen LogP contribution in [0, 0.1) is 0 Å². The van der Waals surface area contributed by atoms with Crippen molar-refractivity contribution >= 4 is 17.5 Å². The first-order valence-electron chi connectivity index (χ1n) is 8.45. The molecule has 1 aromatic heterocycles. The van der Waals surface area contributed by atoms with Crippen molar-refractivity contribution < 1.29 is 9.53 Å². The first-order valence-corrected chi connectivity index (χ1v) is 8.45. The molecule has 2 heterocycles. The third-order valence-electron chi connectivity index (χ3n) is 4.33. The minimum absolute atomic E-state index is 0.0454. The van der Waals surface area contributed by atoms with Crippen molar-refractivity contribution in [3.05, 3.63) is 42.2 Å². The van der Waals surface area contributed by atoms with E-state index in [1.807, 2.05) is 29.2 Å². The maximum atomic E-state index is 12.7. The number of aromatic nitrogens is 2.